The van der Waals surface area contributed by atoms with Crippen molar-refractivity contribution < 1.29 is 23.1 Å². The molecule has 2 atom stereocenters. The minimum Gasteiger partial charge on any atom is -0.482 e. The number of aliphatic hydroxyl groups is 1. The summed E-state index contributed by atoms with van der Waals surface area (Å²) in [4.78, 5) is 11.6. The number of carbonyl (C=O) groups excluding carboxylic acids is 1. The third-order valence-electron chi connectivity index (χ3n) is 4.84. The van der Waals surface area contributed by atoms with Gasteiger partial charge in [-0.15, -0.1) is 0 Å². The van der Waals surface area contributed by atoms with Gasteiger partial charge in [0, 0.05) is 31.5 Å². The molecule has 0 saturated carbocycles. The molecule has 9 heteroatoms. The van der Waals surface area contributed by atoms with Crippen LogP contribution in [0.1, 0.15) is 11.5 Å². The maximum absolute atomic E-state index is 13.1. The van der Waals surface area contributed by atoms with Crippen molar-refractivity contribution in [3.05, 3.63) is 40.6 Å². The molecule has 2 aliphatic rings. The number of benzene rings is 1. The average Bonchev–Trinajstić information content (AvgIpc) is 3.30. The van der Waals surface area contributed by atoms with E-state index in [2.05, 4.69) is 5.32 Å². The topological polar surface area (TPSA) is 95.9 Å². The number of nitrogens with one attached hydrogen (secondary N) is 1. The number of fused-ring (bicyclic) bond motifs is 1. The van der Waals surface area contributed by atoms with Crippen LogP contribution in [0.15, 0.2) is 39.9 Å². The number of aliphatic hydroxyl groups excluding tert-OH is 1. The van der Waals surface area contributed by atoms with Crippen LogP contribution in [0.2, 0.25) is 0 Å². The number of ether oxygens (including phenoxy) is 1. The molecule has 1 aromatic heterocycles. The summed E-state index contributed by atoms with van der Waals surface area (Å²) in [6.45, 7) is 0.440. The van der Waals surface area contributed by atoms with Gasteiger partial charge >= 0.3 is 0 Å². The molecule has 2 aliphatic heterocycles. The molecule has 0 unspecified atom stereocenters. The zero-order chi connectivity index (χ0) is 18.3. The minimum absolute atomic E-state index is 0.0262. The Morgan fingerprint density at radius 2 is 2.15 bits per heavy atom. The van der Waals surface area contributed by atoms with E-state index in [0.717, 1.165) is 5.56 Å². The standard InChI is InChI=1S/C17H18N2O5S2/c20-8-12-6-19(7-14(12)11-3-4-25-10-11)26(22,23)13-1-2-16-15(5-13)18-17(21)9-24-16/h1-5,10,12,14,20H,6-9H2,(H,18,21)/t12-,14+/m0/s1. The third-order valence-corrected chi connectivity index (χ3v) is 7.36. The monoisotopic (exact) mass is 394 g/mol. The van der Waals surface area contributed by atoms with E-state index in [1.807, 2.05) is 16.8 Å². The van der Waals surface area contributed by atoms with Gasteiger partial charge in [0.1, 0.15) is 5.75 Å². The Morgan fingerprint density at radius 3 is 2.88 bits per heavy atom. The van der Waals surface area contributed by atoms with Crippen molar-refractivity contribution in [1.82, 2.24) is 4.31 Å². The zero-order valence-electron chi connectivity index (χ0n) is 13.8. The first kappa shape index (κ1) is 17.5. The van der Waals surface area contributed by atoms with Gasteiger partial charge in [-0.2, -0.15) is 15.6 Å². The molecular weight excluding hydrogens is 376 g/mol. The van der Waals surface area contributed by atoms with Crippen LogP contribution in [0.3, 0.4) is 0 Å². The van der Waals surface area contributed by atoms with Gasteiger partial charge in [-0.05, 0) is 40.6 Å². The highest BCUT2D eigenvalue weighted by molar-refractivity contribution is 7.89. The lowest BCUT2D eigenvalue weighted by molar-refractivity contribution is -0.118. The second-order valence-corrected chi connectivity index (χ2v) is 9.14. The zero-order valence-corrected chi connectivity index (χ0v) is 15.4. The first-order valence-corrected chi connectivity index (χ1v) is 10.6. The van der Waals surface area contributed by atoms with Gasteiger partial charge in [-0.3, -0.25) is 4.79 Å². The summed E-state index contributed by atoms with van der Waals surface area (Å²) in [5.74, 6) is -0.0258. The lowest BCUT2D eigenvalue weighted by atomic mass is 9.92. The Balaban J connectivity index is 1.63. The van der Waals surface area contributed by atoms with Crippen LogP contribution >= 0.6 is 11.3 Å². The maximum atomic E-state index is 13.1. The molecule has 7 nitrogen and oxygen atoms in total. The molecular formula is C17H18N2O5S2. The summed E-state index contributed by atoms with van der Waals surface area (Å²) in [6, 6.07) is 6.43. The summed E-state index contributed by atoms with van der Waals surface area (Å²) in [7, 11) is -3.74. The first-order chi connectivity index (χ1) is 12.5. The summed E-state index contributed by atoms with van der Waals surface area (Å²) in [5, 5.41) is 16.3. The number of rotatable bonds is 4. The fraction of sp³-hybridized carbons (Fsp3) is 0.353. The number of anilines is 1. The largest absolute Gasteiger partial charge is 0.482 e. The Labute approximate surface area is 155 Å². The molecule has 4 rings (SSSR count). The molecule has 26 heavy (non-hydrogen) atoms. The number of nitrogens with zero attached hydrogens (tertiary/aromatic N) is 1. The SMILES string of the molecule is O=C1COc2ccc(S(=O)(=O)N3C[C@@H](CO)[C@@H](c4ccsc4)C3)cc2N1. The molecule has 138 valence electrons. The summed E-state index contributed by atoms with van der Waals surface area (Å²) < 4.78 is 32.8. The maximum Gasteiger partial charge on any atom is 0.262 e. The van der Waals surface area contributed by atoms with Gasteiger partial charge in [-0.1, -0.05) is 0 Å². The minimum atomic E-state index is -3.74. The van der Waals surface area contributed by atoms with E-state index < -0.39 is 10.0 Å². The Kier molecular flexibility index (Phi) is 4.47. The molecule has 0 radical (unpaired) electrons. The number of hydrogen-bond donors (Lipinski definition) is 2. The number of carbonyl (C=O) groups is 1. The number of amides is 1. The second-order valence-electron chi connectivity index (χ2n) is 6.42. The number of sulfonamides is 1. The van der Waals surface area contributed by atoms with Gasteiger partial charge < -0.3 is 15.2 Å². The van der Waals surface area contributed by atoms with Crippen molar-refractivity contribution in [1.29, 1.82) is 0 Å². The van der Waals surface area contributed by atoms with Crippen LogP contribution in [0.5, 0.6) is 5.75 Å². The van der Waals surface area contributed by atoms with Crippen molar-refractivity contribution in [3.63, 3.8) is 0 Å². The second kappa shape index (κ2) is 6.66. The van der Waals surface area contributed by atoms with Crippen molar-refractivity contribution in [2.45, 2.75) is 10.8 Å². The third kappa shape index (κ3) is 3.01. The molecule has 2 N–H and O–H groups in total. The fourth-order valence-corrected chi connectivity index (χ4v) is 5.72. The van der Waals surface area contributed by atoms with Gasteiger partial charge in [0.25, 0.3) is 5.91 Å². The summed E-state index contributed by atoms with van der Waals surface area (Å²) in [5.41, 5.74) is 1.41. The van der Waals surface area contributed by atoms with Crippen molar-refractivity contribution in [3.8, 4) is 5.75 Å². The van der Waals surface area contributed by atoms with Crippen LogP contribution in [0, 0.1) is 5.92 Å². The highest BCUT2D eigenvalue weighted by atomic mass is 32.2. The van der Waals surface area contributed by atoms with Crippen LogP contribution in [-0.4, -0.2) is 50.0 Å². The Bertz CT molecular complexity index is 927. The van der Waals surface area contributed by atoms with E-state index in [0.29, 0.717) is 18.0 Å². The van der Waals surface area contributed by atoms with Gasteiger partial charge in [0.2, 0.25) is 10.0 Å². The Morgan fingerprint density at radius 1 is 1.31 bits per heavy atom. The van der Waals surface area contributed by atoms with E-state index in [9.17, 15) is 18.3 Å². The normalized spacial score (nSPS) is 23.3. The molecule has 1 aromatic carbocycles. The van der Waals surface area contributed by atoms with E-state index in [-0.39, 0.29) is 42.4 Å². The Hall–Kier alpha value is -1.94. The quantitative estimate of drug-likeness (QED) is 0.819. The van der Waals surface area contributed by atoms with E-state index in [4.69, 9.17) is 4.74 Å². The van der Waals surface area contributed by atoms with Crippen LogP contribution in [-0.2, 0) is 14.8 Å². The van der Waals surface area contributed by atoms with Gasteiger partial charge in [-0.25, -0.2) is 8.42 Å². The number of thiophene rings is 1. The smallest absolute Gasteiger partial charge is 0.262 e. The molecule has 1 saturated heterocycles. The molecule has 0 bridgehead atoms. The van der Waals surface area contributed by atoms with Gasteiger partial charge in [0.15, 0.2) is 6.61 Å². The summed E-state index contributed by atoms with van der Waals surface area (Å²) >= 11 is 1.56. The predicted octanol–water partition coefficient (Wildman–Crippen LogP) is 1.48. The summed E-state index contributed by atoms with van der Waals surface area (Å²) in [6.07, 6.45) is 0. The predicted molar refractivity (Wildman–Crippen MR) is 97.0 cm³/mol. The van der Waals surface area contributed by atoms with Crippen molar-refractivity contribution in [2.24, 2.45) is 5.92 Å². The fourth-order valence-electron chi connectivity index (χ4n) is 3.45. The van der Waals surface area contributed by atoms with Crippen LogP contribution < -0.4 is 10.1 Å². The van der Waals surface area contributed by atoms with Crippen LogP contribution in [0.25, 0.3) is 0 Å². The highest BCUT2D eigenvalue weighted by Gasteiger charge is 2.40. The highest BCUT2D eigenvalue weighted by Crippen LogP contribution is 2.37. The lowest BCUT2D eigenvalue weighted by Gasteiger charge is -2.21. The molecule has 0 spiro atoms. The molecule has 0 aliphatic carbocycles. The van der Waals surface area contributed by atoms with Crippen LogP contribution in [0.4, 0.5) is 5.69 Å². The molecule has 1 amide bonds. The first-order valence-electron chi connectivity index (χ1n) is 8.19. The molecule has 1 fully saturated rings. The van der Waals surface area contributed by atoms with E-state index in [1.165, 1.54) is 16.4 Å². The van der Waals surface area contributed by atoms with E-state index >= 15 is 0 Å². The number of hydrogen-bond acceptors (Lipinski definition) is 6. The average molecular weight is 394 g/mol. The van der Waals surface area contributed by atoms with Gasteiger partial charge in [0.05, 0.1) is 10.6 Å². The molecule has 3 heterocycles. The van der Waals surface area contributed by atoms with Crippen molar-refractivity contribution in [2.75, 3.05) is 31.6 Å². The van der Waals surface area contributed by atoms with E-state index in [1.54, 1.807) is 17.4 Å². The lowest BCUT2D eigenvalue weighted by Crippen LogP contribution is -2.30. The molecule has 2 aromatic rings. The van der Waals surface area contributed by atoms with Crippen molar-refractivity contribution >= 4 is 33.0 Å².